The van der Waals surface area contributed by atoms with Crippen LogP contribution in [-0.2, 0) is 9.53 Å². The van der Waals surface area contributed by atoms with Crippen LogP contribution in [0, 0.1) is 20.8 Å². The van der Waals surface area contributed by atoms with Gasteiger partial charge in [-0.05, 0) is 49.1 Å². The Kier molecular flexibility index (Phi) is 5.29. The molecular formula is C25H22N2O4. The molecule has 3 aromatic rings. The summed E-state index contributed by atoms with van der Waals surface area (Å²) in [5, 5.41) is 15.8. The zero-order valence-corrected chi connectivity index (χ0v) is 17.5. The number of carbonyl (C=O) groups excluding carboxylic acids is 2. The van der Waals surface area contributed by atoms with Gasteiger partial charge in [0.1, 0.15) is 5.71 Å². The first-order valence-electron chi connectivity index (χ1n) is 9.90. The summed E-state index contributed by atoms with van der Waals surface area (Å²) in [4.78, 5) is 25.2. The van der Waals surface area contributed by atoms with Crippen LogP contribution in [0.5, 0.6) is 0 Å². The van der Waals surface area contributed by atoms with E-state index in [1.807, 2.05) is 63.2 Å². The molecule has 31 heavy (non-hydrogen) atoms. The fourth-order valence-corrected chi connectivity index (χ4v) is 4.13. The third kappa shape index (κ3) is 3.68. The first-order valence-corrected chi connectivity index (χ1v) is 9.90. The normalized spacial score (nSPS) is 12.9. The van der Waals surface area contributed by atoms with Crippen molar-refractivity contribution in [3.8, 4) is 11.1 Å². The van der Waals surface area contributed by atoms with Crippen molar-refractivity contribution < 1.29 is 19.5 Å². The van der Waals surface area contributed by atoms with Crippen LogP contribution in [0.4, 0.5) is 5.69 Å². The van der Waals surface area contributed by atoms with Gasteiger partial charge in [0.15, 0.2) is 6.61 Å². The molecule has 3 aromatic carbocycles. The van der Waals surface area contributed by atoms with Gasteiger partial charge in [0.05, 0.1) is 5.56 Å². The number of esters is 1. The number of nitrogens with one attached hydrogen (secondary N) is 1. The lowest BCUT2D eigenvalue weighted by molar-refractivity contribution is -0.119. The van der Waals surface area contributed by atoms with Gasteiger partial charge < -0.3 is 15.3 Å². The molecule has 1 aliphatic carbocycles. The fourth-order valence-electron chi connectivity index (χ4n) is 4.13. The molecule has 0 saturated heterocycles. The predicted octanol–water partition coefficient (Wildman–Crippen LogP) is 4.61. The maximum absolute atomic E-state index is 12.8. The molecule has 1 amide bonds. The van der Waals surface area contributed by atoms with Gasteiger partial charge in [-0.15, -0.1) is 0 Å². The molecule has 0 saturated carbocycles. The summed E-state index contributed by atoms with van der Waals surface area (Å²) in [6.07, 6.45) is 0. The Bertz CT molecular complexity index is 1220. The minimum Gasteiger partial charge on any atom is -0.452 e. The monoisotopic (exact) mass is 414 g/mol. The van der Waals surface area contributed by atoms with Gasteiger partial charge in [-0.2, -0.15) is 0 Å². The molecule has 4 rings (SSSR count). The lowest BCUT2D eigenvalue weighted by Gasteiger charge is -2.13. The number of hydrogen-bond acceptors (Lipinski definition) is 5. The van der Waals surface area contributed by atoms with Gasteiger partial charge >= 0.3 is 5.97 Å². The number of hydrogen-bond donors (Lipinski definition) is 2. The number of anilines is 1. The number of nitrogens with zero attached hydrogens (tertiary/aromatic N) is 1. The highest BCUT2D eigenvalue weighted by Gasteiger charge is 2.30. The number of fused-ring (bicyclic) bond motifs is 3. The molecule has 0 aromatic heterocycles. The molecule has 0 spiro atoms. The summed E-state index contributed by atoms with van der Waals surface area (Å²) in [6.45, 7) is 5.41. The summed E-state index contributed by atoms with van der Waals surface area (Å²) < 4.78 is 5.29. The third-order valence-corrected chi connectivity index (χ3v) is 5.37. The molecule has 2 N–H and O–H groups in total. The molecule has 1 aliphatic rings. The van der Waals surface area contributed by atoms with E-state index in [0.29, 0.717) is 11.3 Å². The fraction of sp³-hybridized carbons (Fsp3) is 0.160. The van der Waals surface area contributed by atoms with Gasteiger partial charge in [-0.1, -0.05) is 59.3 Å². The summed E-state index contributed by atoms with van der Waals surface area (Å²) in [5.41, 5.74) is 7.18. The summed E-state index contributed by atoms with van der Waals surface area (Å²) in [7, 11) is 0. The first kappa shape index (κ1) is 20.3. The van der Waals surface area contributed by atoms with Crippen LogP contribution < -0.4 is 5.32 Å². The highest BCUT2D eigenvalue weighted by molar-refractivity contribution is 6.27. The topological polar surface area (TPSA) is 88.0 Å². The van der Waals surface area contributed by atoms with Crippen LogP contribution in [0.15, 0.2) is 59.8 Å². The molecule has 0 bridgehead atoms. The van der Waals surface area contributed by atoms with Gasteiger partial charge in [0.25, 0.3) is 5.91 Å². The van der Waals surface area contributed by atoms with Crippen LogP contribution in [0.3, 0.4) is 0 Å². The maximum atomic E-state index is 12.8. The molecule has 0 fully saturated rings. The Balaban J connectivity index is 1.53. The van der Waals surface area contributed by atoms with Crippen LogP contribution in [0.2, 0.25) is 0 Å². The van der Waals surface area contributed by atoms with Crippen LogP contribution in [-0.4, -0.2) is 29.4 Å². The standard InChI is InChI=1S/C25H22N2O4/c1-14-11-15(2)23(16(3)12-14)26-21(28)13-31-25(29)20-10-6-9-18-17-7-4-5-8-19(17)24(27-30)22(18)20/h4-12,30H,13H2,1-3H3,(H,26,28)/b27-24-. The lowest BCUT2D eigenvalue weighted by atomic mass is 10.0. The molecule has 0 heterocycles. The van der Waals surface area contributed by atoms with Crippen molar-refractivity contribution in [1.82, 2.24) is 0 Å². The van der Waals surface area contributed by atoms with E-state index in [1.165, 1.54) is 0 Å². The maximum Gasteiger partial charge on any atom is 0.339 e. The molecule has 0 radical (unpaired) electrons. The zero-order chi connectivity index (χ0) is 22.1. The Labute approximate surface area is 180 Å². The number of amides is 1. The van der Waals surface area contributed by atoms with Gasteiger partial charge in [-0.25, -0.2) is 4.79 Å². The Morgan fingerprint density at radius 2 is 1.58 bits per heavy atom. The van der Waals surface area contributed by atoms with E-state index in [4.69, 9.17) is 4.74 Å². The van der Waals surface area contributed by atoms with Crippen molar-refractivity contribution in [1.29, 1.82) is 0 Å². The molecule has 6 nitrogen and oxygen atoms in total. The van der Waals surface area contributed by atoms with Crippen molar-refractivity contribution in [3.05, 3.63) is 88.0 Å². The van der Waals surface area contributed by atoms with Crippen molar-refractivity contribution in [2.75, 3.05) is 11.9 Å². The Morgan fingerprint density at radius 3 is 2.26 bits per heavy atom. The highest BCUT2D eigenvalue weighted by atomic mass is 16.5. The van der Waals surface area contributed by atoms with Gasteiger partial charge in [0.2, 0.25) is 0 Å². The van der Waals surface area contributed by atoms with Crippen molar-refractivity contribution in [3.63, 3.8) is 0 Å². The summed E-state index contributed by atoms with van der Waals surface area (Å²) in [5.74, 6) is -1.08. The minimum absolute atomic E-state index is 0.247. The minimum atomic E-state index is -0.654. The SMILES string of the molecule is Cc1cc(C)c(NC(=O)COC(=O)c2cccc3c2/C(=N\O)c2ccccc2-3)c(C)c1. The van der Waals surface area contributed by atoms with Crippen LogP contribution in [0.25, 0.3) is 11.1 Å². The smallest absolute Gasteiger partial charge is 0.339 e. The summed E-state index contributed by atoms with van der Waals surface area (Å²) in [6, 6.07) is 16.6. The van der Waals surface area contributed by atoms with Crippen molar-refractivity contribution >= 4 is 23.3 Å². The average Bonchev–Trinajstić information content (AvgIpc) is 3.08. The predicted molar refractivity (Wildman–Crippen MR) is 119 cm³/mol. The summed E-state index contributed by atoms with van der Waals surface area (Å²) >= 11 is 0. The molecule has 156 valence electrons. The van der Waals surface area contributed by atoms with E-state index in [9.17, 15) is 14.8 Å². The van der Waals surface area contributed by atoms with Crippen LogP contribution in [0.1, 0.15) is 38.2 Å². The molecule has 0 unspecified atom stereocenters. The number of benzene rings is 3. The molecule has 6 heteroatoms. The first-order chi connectivity index (χ1) is 14.9. The number of rotatable bonds is 4. The molecule has 0 atom stereocenters. The highest BCUT2D eigenvalue weighted by Crippen LogP contribution is 2.38. The second kappa shape index (κ2) is 8.07. The lowest BCUT2D eigenvalue weighted by Crippen LogP contribution is -2.22. The largest absolute Gasteiger partial charge is 0.452 e. The van der Waals surface area contributed by atoms with Crippen molar-refractivity contribution in [2.45, 2.75) is 20.8 Å². The Hall–Kier alpha value is -3.93. The second-order valence-corrected chi connectivity index (χ2v) is 7.62. The van der Waals surface area contributed by atoms with Crippen LogP contribution >= 0.6 is 0 Å². The number of oxime groups is 1. The van der Waals surface area contributed by atoms with E-state index in [2.05, 4.69) is 10.5 Å². The molecular weight excluding hydrogens is 392 g/mol. The van der Waals surface area contributed by atoms with E-state index >= 15 is 0 Å². The van der Waals surface area contributed by atoms with E-state index in [0.717, 1.165) is 39.1 Å². The Morgan fingerprint density at radius 1 is 0.935 bits per heavy atom. The van der Waals surface area contributed by atoms with E-state index < -0.39 is 18.5 Å². The number of carbonyl (C=O) groups is 2. The van der Waals surface area contributed by atoms with E-state index in [1.54, 1.807) is 12.1 Å². The van der Waals surface area contributed by atoms with Gasteiger partial charge in [-0.3, -0.25) is 4.79 Å². The average molecular weight is 414 g/mol. The quantitative estimate of drug-likeness (QED) is 0.290. The second-order valence-electron chi connectivity index (χ2n) is 7.62. The third-order valence-electron chi connectivity index (χ3n) is 5.37. The number of aryl methyl sites for hydroxylation is 3. The molecule has 0 aliphatic heterocycles. The zero-order valence-electron chi connectivity index (χ0n) is 17.5. The number of ether oxygens (including phenoxy) is 1. The van der Waals surface area contributed by atoms with Gasteiger partial charge in [0, 0.05) is 16.8 Å². The van der Waals surface area contributed by atoms with Crippen molar-refractivity contribution in [2.24, 2.45) is 5.16 Å². The van der Waals surface area contributed by atoms with E-state index in [-0.39, 0.29) is 5.56 Å².